The van der Waals surface area contributed by atoms with Gasteiger partial charge >= 0.3 is 0 Å². The molecular formula is C20H22FN3O2S2. The third-order valence-corrected chi connectivity index (χ3v) is 6.75. The molecule has 0 radical (unpaired) electrons. The first kappa shape index (κ1) is 20.5. The lowest BCUT2D eigenvalue weighted by Crippen LogP contribution is -2.29. The van der Waals surface area contributed by atoms with Gasteiger partial charge in [-0.1, -0.05) is 30.0 Å². The predicted octanol–water partition coefficient (Wildman–Crippen LogP) is 3.98. The normalized spacial score (nSPS) is 11.2. The first-order valence-electron chi connectivity index (χ1n) is 8.94. The molecule has 0 aliphatic rings. The van der Waals surface area contributed by atoms with E-state index in [1.165, 1.54) is 34.1 Å². The Labute approximate surface area is 171 Å². The number of hydrogen-bond donors (Lipinski definition) is 0. The zero-order chi connectivity index (χ0) is 20.4. The van der Waals surface area contributed by atoms with Crippen LogP contribution in [0.15, 0.2) is 34.2 Å². The molecule has 5 nitrogen and oxygen atoms in total. The molecule has 148 valence electrons. The molecule has 28 heavy (non-hydrogen) atoms. The van der Waals surface area contributed by atoms with E-state index in [-0.39, 0.29) is 29.6 Å². The number of rotatable bonds is 6. The highest BCUT2D eigenvalue weighted by molar-refractivity contribution is 7.99. The first-order valence-corrected chi connectivity index (χ1v) is 10.7. The van der Waals surface area contributed by atoms with Crippen molar-refractivity contribution >= 4 is 39.2 Å². The van der Waals surface area contributed by atoms with Crippen molar-refractivity contribution in [3.63, 3.8) is 0 Å². The number of halogens is 1. The van der Waals surface area contributed by atoms with Crippen molar-refractivity contribution in [3.05, 3.63) is 56.4 Å². The summed E-state index contributed by atoms with van der Waals surface area (Å²) in [5, 5.41) is 1.20. The Balaban J connectivity index is 1.78. The molecule has 0 aliphatic heterocycles. The molecule has 0 fully saturated rings. The summed E-state index contributed by atoms with van der Waals surface area (Å²) in [5.74, 6) is -0.347. The van der Waals surface area contributed by atoms with Crippen molar-refractivity contribution in [1.82, 2.24) is 14.5 Å². The number of carbonyl (C=O) groups is 1. The Kier molecular flexibility index (Phi) is 6.20. The summed E-state index contributed by atoms with van der Waals surface area (Å²) in [4.78, 5) is 33.3. The number of thioether (sulfide) groups is 1. The van der Waals surface area contributed by atoms with E-state index in [4.69, 9.17) is 0 Å². The third kappa shape index (κ3) is 3.98. The van der Waals surface area contributed by atoms with Crippen molar-refractivity contribution in [1.29, 1.82) is 0 Å². The van der Waals surface area contributed by atoms with Gasteiger partial charge in [0.25, 0.3) is 5.56 Å². The monoisotopic (exact) mass is 419 g/mol. The van der Waals surface area contributed by atoms with Crippen LogP contribution < -0.4 is 5.56 Å². The lowest BCUT2D eigenvalue weighted by molar-refractivity contribution is -0.127. The number of thiophene rings is 1. The number of nitrogens with zero attached hydrogens (tertiary/aromatic N) is 3. The van der Waals surface area contributed by atoms with Crippen LogP contribution in [0.3, 0.4) is 0 Å². The van der Waals surface area contributed by atoms with Crippen LogP contribution in [0.25, 0.3) is 10.2 Å². The van der Waals surface area contributed by atoms with Gasteiger partial charge in [-0.25, -0.2) is 9.37 Å². The largest absolute Gasteiger partial charge is 0.341 e. The smallest absolute Gasteiger partial charge is 0.263 e. The summed E-state index contributed by atoms with van der Waals surface area (Å²) in [6, 6.07) is 6.41. The fourth-order valence-electron chi connectivity index (χ4n) is 2.90. The second kappa shape index (κ2) is 8.45. The second-order valence-electron chi connectivity index (χ2n) is 6.54. The van der Waals surface area contributed by atoms with Gasteiger partial charge in [-0.05, 0) is 32.4 Å². The van der Waals surface area contributed by atoms with E-state index >= 15 is 0 Å². The number of amides is 1. The minimum Gasteiger partial charge on any atom is -0.341 e. The van der Waals surface area contributed by atoms with E-state index in [1.54, 1.807) is 29.8 Å². The molecule has 0 bridgehead atoms. The quantitative estimate of drug-likeness (QED) is 0.448. The molecule has 3 aromatic rings. The van der Waals surface area contributed by atoms with E-state index in [2.05, 4.69) is 4.98 Å². The van der Waals surface area contributed by atoms with Gasteiger partial charge < -0.3 is 4.90 Å². The molecule has 8 heteroatoms. The maximum Gasteiger partial charge on any atom is 0.263 e. The summed E-state index contributed by atoms with van der Waals surface area (Å²) >= 11 is 2.74. The Hall–Kier alpha value is -2.19. The van der Waals surface area contributed by atoms with Gasteiger partial charge in [-0.2, -0.15) is 0 Å². The van der Waals surface area contributed by atoms with Crippen molar-refractivity contribution in [2.75, 3.05) is 12.8 Å². The SMILES string of the molecule is CCn1c(SCC(=O)N(C)Cc2ccccc2F)nc2sc(C)c(C)c2c1=O. The number of fused-ring (bicyclic) bond motifs is 1. The molecular weight excluding hydrogens is 397 g/mol. The molecule has 1 amide bonds. The Morgan fingerprint density at radius 1 is 1.32 bits per heavy atom. The van der Waals surface area contributed by atoms with Crippen molar-refractivity contribution < 1.29 is 9.18 Å². The lowest BCUT2D eigenvalue weighted by atomic mass is 10.2. The molecule has 0 aliphatic carbocycles. The van der Waals surface area contributed by atoms with Gasteiger partial charge in [0.2, 0.25) is 5.91 Å². The van der Waals surface area contributed by atoms with Crippen LogP contribution in [0.4, 0.5) is 4.39 Å². The van der Waals surface area contributed by atoms with Gasteiger partial charge in [0.15, 0.2) is 5.16 Å². The minimum atomic E-state index is -0.329. The zero-order valence-electron chi connectivity index (χ0n) is 16.3. The molecule has 0 saturated carbocycles. The Bertz CT molecular complexity index is 1090. The highest BCUT2D eigenvalue weighted by atomic mass is 32.2. The van der Waals surface area contributed by atoms with Gasteiger partial charge in [-0.3, -0.25) is 14.2 Å². The van der Waals surface area contributed by atoms with Crippen LogP contribution in [0.1, 0.15) is 22.9 Å². The first-order chi connectivity index (χ1) is 13.3. The van der Waals surface area contributed by atoms with Gasteiger partial charge in [0, 0.05) is 30.6 Å². The molecule has 3 rings (SSSR count). The highest BCUT2D eigenvalue weighted by Gasteiger charge is 2.18. The maximum absolute atomic E-state index is 13.8. The fraction of sp³-hybridized carbons (Fsp3) is 0.350. The summed E-state index contributed by atoms with van der Waals surface area (Å²) in [6.45, 7) is 6.48. The van der Waals surface area contributed by atoms with Gasteiger partial charge in [-0.15, -0.1) is 11.3 Å². The number of carbonyl (C=O) groups excluding carboxylic acids is 1. The highest BCUT2D eigenvalue weighted by Crippen LogP contribution is 2.28. The van der Waals surface area contributed by atoms with Crippen LogP contribution in [0.5, 0.6) is 0 Å². The molecule has 0 N–H and O–H groups in total. The van der Waals surface area contributed by atoms with E-state index < -0.39 is 0 Å². The summed E-state index contributed by atoms with van der Waals surface area (Å²) in [5.41, 5.74) is 1.37. The van der Waals surface area contributed by atoms with Gasteiger partial charge in [0.1, 0.15) is 10.6 Å². The standard InChI is InChI=1S/C20H22FN3O2S2/c1-5-24-19(26)17-12(2)13(3)28-18(17)22-20(24)27-11-16(25)23(4)10-14-8-6-7-9-15(14)21/h6-9H,5,10-11H2,1-4H3. The van der Waals surface area contributed by atoms with E-state index in [9.17, 15) is 14.0 Å². The Morgan fingerprint density at radius 2 is 2.04 bits per heavy atom. The molecule has 2 heterocycles. The molecule has 2 aromatic heterocycles. The van der Waals surface area contributed by atoms with Crippen LogP contribution >= 0.6 is 23.1 Å². The summed E-state index contributed by atoms with van der Waals surface area (Å²) < 4.78 is 15.4. The van der Waals surface area contributed by atoms with E-state index in [0.29, 0.717) is 27.5 Å². The maximum atomic E-state index is 13.8. The Morgan fingerprint density at radius 3 is 2.71 bits per heavy atom. The number of aryl methyl sites for hydroxylation is 2. The number of aromatic nitrogens is 2. The van der Waals surface area contributed by atoms with Crippen LogP contribution in [0.2, 0.25) is 0 Å². The lowest BCUT2D eigenvalue weighted by Gasteiger charge is -2.18. The molecule has 0 spiro atoms. The predicted molar refractivity (Wildman–Crippen MR) is 113 cm³/mol. The molecule has 0 unspecified atom stereocenters. The molecule has 0 saturated heterocycles. The van der Waals surface area contributed by atoms with Gasteiger partial charge in [0.05, 0.1) is 11.1 Å². The van der Waals surface area contributed by atoms with Crippen molar-refractivity contribution in [2.24, 2.45) is 0 Å². The molecule has 1 aromatic carbocycles. The average Bonchev–Trinajstić information content (AvgIpc) is 2.95. The topological polar surface area (TPSA) is 55.2 Å². The van der Waals surface area contributed by atoms with Crippen molar-refractivity contribution in [2.45, 2.75) is 39.0 Å². The third-order valence-electron chi connectivity index (χ3n) is 4.69. The van der Waals surface area contributed by atoms with E-state index in [1.807, 2.05) is 20.8 Å². The zero-order valence-corrected chi connectivity index (χ0v) is 17.9. The fourth-order valence-corrected chi connectivity index (χ4v) is 4.98. The summed E-state index contributed by atoms with van der Waals surface area (Å²) in [6.07, 6.45) is 0. The van der Waals surface area contributed by atoms with Crippen LogP contribution in [0, 0.1) is 19.7 Å². The number of benzene rings is 1. The van der Waals surface area contributed by atoms with E-state index in [0.717, 1.165) is 10.4 Å². The van der Waals surface area contributed by atoms with Crippen molar-refractivity contribution in [3.8, 4) is 0 Å². The minimum absolute atomic E-state index is 0.0657. The number of hydrogen-bond acceptors (Lipinski definition) is 5. The van der Waals surface area contributed by atoms with Crippen LogP contribution in [-0.2, 0) is 17.9 Å². The second-order valence-corrected chi connectivity index (χ2v) is 8.68. The average molecular weight is 420 g/mol. The summed E-state index contributed by atoms with van der Waals surface area (Å²) in [7, 11) is 1.64. The van der Waals surface area contributed by atoms with Crippen LogP contribution in [-0.4, -0.2) is 33.2 Å². The molecule has 0 atom stereocenters.